The van der Waals surface area contributed by atoms with Gasteiger partial charge in [0.05, 0.1) is 5.52 Å². The van der Waals surface area contributed by atoms with E-state index in [0.29, 0.717) is 5.75 Å². The Balaban J connectivity index is 2.03. The van der Waals surface area contributed by atoms with Gasteiger partial charge in [-0.2, -0.15) is 0 Å². The van der Waals surface area contributed by atoms with E-state index < -0.39 is 0 Å². The zero-order chi connectivity index (χ0) is 16.8. The van der Waals surface area contributed by atoms with Gasteiger partial charge in [0.1, 0.15) is 18.2 Å². The molecular weight excluding hydrogens is 300 g/mol. The van der Waals surface area contributed by atoms with Crippen LogP contribution in [0.5, 0.6) is 5.75 Å². The second kappa shape index (κ2) is 5.23. The van der Waals surface area contributed by atoms with E-state index in [1.165, 1.54) is 21.9 Å². The molecule has 0 radical (unpaired) electrons. The van der Waals surface area contributed by atoms with Crippen LogP contribution in [0.15, 0.2) is 42.7 Å². The average molecular weight is 318 g/mol. The number of aromatic nitrogens is 2. The number of ether oxygens (including phenoxy) is 1. The fourth-order valence-electron chi connectivity index (χ4n) is 3.45. The summed E-state index contributed by atoms with van der Waals surface area (Å²) in [7, 11) is 2.08. The summed E-state index contributed by atoms with van der Waals surface area (Å²) in [5.74, 6) is 0.732. The fraction of sp³-hybridized carbons (Fsp3) is 0.158. The minimum atomic E-state index is 0.0147. The second-order valence-electron chi connectivity index (χ2n) is 6.05. The minimum absolute atomic E-state index is 0.0147. The van der Waals surface area contributed by atoms with Gasteiger partial charge in [-0.3, -0.25) is 10.4 Å². The lowest BCUT2D eigenvalue weighted by Crippen LogP contribution is -2.19. The topological polar surface area (TPSA) is 76.9 Å². The van der Waals surface area contributed by atoms with Crippen molar-refractivity contribution in [2.75, 3.05) is 6.61 Å². The van der Waals surface area contributed by atoms with Crippen molar-refractivity contribution in [2.24, 2.45) is 12.8 Å². The third-order valence-electron chi connectivity index (χ3n) is 4.52. The number of hydrogen-bond acceptors (Lipinski definition) is 3. The SMILES string of the molecule is Cc1c2ccncc2cc2c3cc(OCC(=N)N)ccc3n(C)c12. The predicted octanol–water partition coefficient (Wildman–Crippen LogP) is 3.50. The number of amidine groups is 1. The van der Waals surface area contributed by atoms with Gasteiger partial charge in [0.25, 0.3) is 0 Å². The highest BCUT2D eigenvalue weighted by Crippen LogP contribution is 2.36. The average Bonchev–Trinajstić information content (AvgIpc) is 2.86. The number of benzene rings is 2. The zero-order valence-electron chi connectivity index (χ0n) is 13.6. The monoisotopic (exact) mass is 318 g/mol. The predicted molar refractivity (Wildman–Crippen MR) is 97.9 cm³/mol. The smallest absolute Gasteiger partial charge is 0.145 e. The summed E-state index contributed by atoms with van der Waals surface area (Å²) in [6, 6.07) is 10.2. The first-order chi connectivity index (χ1) is 11.6. The quantitative estimate of drug-likeness (QED) is 0.448. The van der Waals surface area contributed by atoms with Crippen LogP contribution in [0.1, 0.15) is 5.56 Å². The maximum absolute atomic E-state index is 7.30. The van der Waals surface area contributed by atoms with Gasteiger partial charge in [0.15, 0.2) is 0 Å². The van der Waals surface area contributed by atoms with Gasteiger partial charge in [-0.25, -0.2) is 0 Å². The highest BCUT2D eigenvalue weighted by atomic mass is 16.5. The van der Waals surface area contributed by atoms with Gasteiger partial charge in [-0.15, -0.1) is 0 Å². The first-order valence-corrected chi connectivity index (χ1v) is 7.77. The Labute approximate surface area is 139 Å². The molecular formula is C19H18N4O. The lowest BCUT2D eigenvalue weighted by Gasteiger charge is -2.06. The number of nitrogens with zero attached hydrogens (tertiary/aromatic N) is 2. The molecule has 0 saturated carbocycles. The molecule has 2 aromatic heterocycles. The van der Waals surface area contributed by atoms with Crippen molar-refractivity contribution in [3.05, 3.63) is 48.3 Å². The third kappa shape index (κ3) is 2.09. The van der Waals surface area contributed by atoms with Gasteiger partial charge in [-0.05, 0) is 48.2 Å². The molecule has 24 heavy (non-hydrogen) atoms. The number of nitrogens with one attached hydrogen (secondary N) is 1. The van der Waals surface area contributed by atoms with Crippen LogP contribution >= 0.6 is 0 Å². The molecule has 0 amide bonds. The molecule has 0 unspecified atom stereocenters. The number of hydrogen-bond donors (Lipinski definition) is 2. The molecule has 5 heteroatoms. The molecule has 0 aliphatic rings. The molecule has 0 bridgehead atoms. The van der Waals surface area contributed by atoms with E-state index in [0.717, 1.165) is 16.3 Å². The highest BCUT2D eigenvalue weighted by molar-refractivity contribution is 6.14. The molecule has 0 saturated heterocycles. The first kappa shape index (κ1) is 14.5. The zero-order valence-corrected chi connectivity index (χ0v) is 13.6. The van der Waals surface area contributed by atoms with E-state index >= 15 is 0 Å². The van der Waals surface area contributed by atoms with E-state index in [1.807, 2.05) is 30.6 Å². The Morgan fingerprint density at radius 2 is 2.04 bits per heavy atom. The van der Waals surface area contributed by atoms with Crippen LogP contribution in [0.25, 0.3) is 32.6 Å². The normalized spacial score (nSPS) is 11.4. The van der Waals surface area contributed by atoms with Gasteiger partial charge < -0.3 is 15.0 Å². The molecule has 2 aromatic carbocycles. The van der Waals surface area contributed by atoms with Crippen molar-refractivity contribution in [2.45, 2.75) is 6.92 Å². The Bertz CT molecular complexity index is 1110. The maximum atomic E-state index is 7.30. The van der Waals surface area contributed by atoms with E-state index in [2.05, 4.69) is 35.7 Å². The first-order valence-electron chi connectivity index (χ1n) is 7.77. The molecule has 0 aliphatic heterocycles. The van der Waals surface area contributed by atoms with Crippen molar-refractivity contribution < 1.29 is 4.74 Å². The lowest BCUT2D eigenvalue weighted by molar-refractivity contribution is 0.375. The van der Waals surface area contributed by atoms with Gasteiger partial charge in [-0.1, -0.05) is 0 Å². The second-order valence-corrected chi connectivity index (χ2v) is 6.05. The van der Waals surface area contributed by atoms with Crippen LogP contribution in [0, 0.1) is 12.3 Å². The van der Waals surface area contributed by atoms with Crippen LogP contribution < -0.4 is 10.5 Å². The minimum Gasteiger partial charge on any atom is -0.486 e. The molecule has 3 N–H and O–H groups in total. The molecule has 2 heterocycles. The number of fused-ring (bicyclic) bond motifs is 4. The maximum Gasteiger partial charge on any atom is 0.145 e. The Kier molecular flexibility index (Phi) is 3.16. The van der Waals surface area contributed by atoms with Crippen LogP contribution in [0.2, 0.25) is 0 Å². The van der Waals surface area contributed by atoms with E-state index in [1.54, 1.807) is 0 Å². The standard InChI is InChI=1S/C19H18N4O/c1-11-14-5-6-22-9-12(14)7-16-15-8-13(24-10-18(20)21)3-4-17(15)23(2)19(11)16/h3-9H,10H2,1-2H3,(H3,20,21). The molecule has 5 nitrogen and oxygen atoms in total. The molecule has 4 aromatic rings. The molecule has 0 atom stereocenters. The molecule has 0 fully saturated rings. The third-order valence-corrected chi connectivity index (χ3v) is 4.52. The largest absolute Gasteiger partial charge is 0.486 e. The molecule has 0 spiro atoms. The number of aryl methyl sites for hydroxylation is 2. The summed E-state index contributed by atoms with van der Waals surface area (Å²) in [5.41, 5.74) is 8.98. The lowest BCUT2D eigenvalue weighted by atomic mass is 10.0. The van der Waals surface area contributed by atoms with Crippen LogP contribution in [0.4, 0.5) is 0 Å². The van der Waals surface area contributed by atoms with Gasteiger partial charge in [0.2, 0.25) is 0 Å². The summed E-state index contributed by atoms with van der Waals surface area (Å²) in [6.45, 7) is 2.25. The van der Waals surface area contributed by atoms with Crippen LogP contribution in [0.3, 0.4) is 0 Å². The van der Waals surface area contributed by atoms with Crippen molar-refractivity contribution in [1.29, 1.82) is 5.41 Å². The Hall–Kier alpha value is -3.08. The number of nitrogens with two attached hydrogens (primary N) is 1. The summed E-state index contributed by atoms with van der Waals surface area (Å²) >= 11 is 0. The summed E-state index contributed by atoms with van der Waals surface area (Å²) < 4.78 is 7.80. The molecule has 120 valence electrons. The van der Waals surface area contributed by atoms with Crippen molar-refractivity contribution >= 4 is 38.4 Å². The van der Waals surface area contributed by atoms with Crippen LogP contribution in [-0.4, -0.2) is 22.0 Å². The summed E-state index contributed by atoms with van der Waals surface area (Å²) in [5, 5.41) is 12.0. The fourth-order valence-corrected chi connectivity index (χ4v) is 3.45. The van der Waals surface area contributed by atoms with E-state index in [9.17, 15) is 0 Å². The van der Waals surface area contributed by atoms with Gasteiger partial charge >= 0.3 is 0 Å². The summed E-state index contributed by atoms with van der Waals surface area (Å²) in [6.07, 6.45) is 3.73. The highest BCUT2D eigenvalue weighted by Gasteiger charge is 2.14. The van der Waals surface area contributed by atoms with Crippen molar-refractivity contribution in [1.82, 2.24) is 9.55 Å². The number of rotatable bonds is 3. The van der Waals surface area contributed by atoms with E-state index in [-0.39, 0.29) is 12.4 Å². The Morgan fingerprint density at radius 3 is 2.83 bits per heavy atom. The summed E-state index contributed by atoms with van der Waals surface area (Å²) in [4.78, 5) is 4.25. The van der Waals surface area contributed by atoms with Gasteiger partial charge in [0, 0.05) is 41.1 Å². The van der Waals surface area contributed by atoms with E-state index in [4.69, 9.17) is 15.9 Å². The number of pyridine rings is 1. The molecule has 0 aliphatic carbocycles. The van der Waals surface area contributed by atoms with Crippen molar-refractivity contribution in [3.63, 3.8) is 0 Å². The molecule has 4 rings (SSSR count). The van der Waals surface area contributed by atoms with Crippen molar-refractivity contribution in [3.8, 4) is 5.75 Å². The Morgan fingerprint density at radius 1 is 1.21 bits per heavy atom. The van der Waals surface area contributed by atoms with Crippen LogP contribution in [-0.2, 0) is 7.05 Å².